The maximum Gasteiger partial charge on any atom is 0.263 e. The van der Waals surface area contributed by atoms with Gasteiger partial charge in [-0.25, -0.2) is 4.98 Å². The molecule has 2 rings (SSSR count). The number of carbonyl (C=O) groups excluding carboxylic acids is 1. The first-order valence-corrected chi connectivity index (χ1v) is 7.76. The lowest BCUT2D eigenvalue weighted by atomic mass is 9.91. The molecule has 0 radical (unpaired) electrons. The monoisotopic (exact) mass is 353 g/mol. The van der Waals surface area contributed by atoms with Crippen LogP contribution >= 0.6 is 36.2 Å². The first-order chi connectivity index (χ1) is 8.93. The molecule has 1 amide bonds. The van der Waals surface area contributed by atoms with E-state index in [-0.39, 0.29) is 42.2 Å². The molecule has 0 aromatic carbocycles. The maximum atomic E-state index is 12.4. The van der Waals surface area contributed by atoms with Crippen LogP contribution in [0.3, 0.4) is 0 Å². The SMILES string of the molecule is CC(C)(C)c1ncsc1C(=O)NC1CCCC1CN.Cl.Cl. The fourth-order valence-corrected chi connectivity index (χ4v) is 3.58. The standard InChI is InChI=1S/C14H23N3OS.2ClH/c1-14(2,3)12-11(19-8-16-12)13(18)17-10-6-4-5-9(10)7-15;;/h8-10H,4-7,15H2,1-3H3,(H,17,18);2*1H. The molecule has 2 unspecified atom stereocenters. The summed E-state index contributed by atoms with van der Waals surface area (Å²) in [7, 11) is 0. The largest absolute Gasteiger partial charge is 0.348 e. The van der Waals surface area contributed by atoms with Crippen LogP contribution in [-0.2, 0) is 5.41 Å². The molecule has 0 spiro atoms. The average molecular weight is 354 g/mol. The predicted octanol–water partition coefficient (Wildman–Crippen LogP) is 3.14. The highest BCUT2D eigenvalue weighted by Crippen LogP contribution is 2.29. The molecule has 1 fully saturated rings. The molecule has 1 aromatic rings. The minimum absolute atomic E-state index is 0. The molecule has 2 atom stereocenters. The molecule has 1 heterocycles. The molecule has 1 aromatic heterocycles. The number of nitrogens with zero attached hydrogens (tertiary/aromatic N) is 1. The van der Waals surface area contributed by atoms with Crippen LogP contribution < -0.4 is 11.1 Å². The van der Waals surface area contributed by atoms with E-state index in [0.29, 0.717) is 12.5 Å². The van der Waals surface area contributed by atoms with Gasteiger partial charge in [0.2, 0.25) is 0 Å². The highest BCUT2D eigenvalue weighted by molar-refractivity contribution is 7.11. The van der Waals surface area contributed by atoms with Gasteiger partial charge < -0.3 is 11.1 Å². The minimum Gasteiger partial charge on any atom is -0.348 e. The Hall–Kier alpha value is -0.360. The molecule has 7 heteroatoms. The highest BCUT2D eigenvalue weighted by Gasteiger charge is 2.30. The van der Waals surface area contributed by atoms with E-state index in [4.69, 9.17) is 5.73 Å². The number of rotatable bonds is 3. The number of nitrogens with one attached hydrogen (secondary N) is 1. The number of halogens is 2. The zero-order valence-corrected chi connectivity index (χ0v) is 15.2. The van der Waals surface area contributed by atoms with E-state index in [1.54, 1.807) is 5.51 Å². The third-order valence-electron chi connectivity index (χ3n) is 3.76. The van der Waals surface area contributed by atoms with Crippen molar-refractivity contribution in [2.75, 3.05) is 6.54 Å². The van der Waals surface area contributed by atoms with E-state index in [1.165, 1.54) is 11.3 Å². The Bertz CT molecular complexity index is 459. The molecular weight excluding hydrogens is 329 g/mol. The Morgan fingerprint density at radius 1 is 1.43 bits per heavy atom. The van der Waals surface area contributed by atoms with Gasteiger partial charge in [-0.15, -0.1) is 36.2 Å². The minimum atomic E-state index is -0.102. The topological polar surface area (TPSA) is 68.0 Å². The average Bonchev–Trinajstić information content (AvgIpc) is 2.95. The van der Waals surface area contributed by atoms with Crippen LogP contribution in [0.25, 0.3) is 0 Å². The quantitative estimate of drug-likeness (QED) is 0.876. The molecule has 0 bridgehead atoms. The van der Waals surface area contributed by atoms with E-state index >= 15 is 0 Å². The van der Waals surface area contributed by atoms with Crippen molar-refractivity contribution in [2.45, 2.75) is 51.5 Å². The maximum absolute atomic E-state index is 12.4. The van der Waals surface area contributed by atoms with Crippen molar-refractivity contribution < 1.29 is 4.79 Å². The van der Waals surface area contributed by atoms with Gasteiger partial charge in [-0.3, -0.25) is 4.79 Å². The zero-order valence-electron chi connectivity index (χ0n) is 12.7. The lowest BCUT2D eigenvalue weighted by Gasteiger charge is -2.21. The zero-order chi connectivity index (χ0) is 14.0. The summed E-state index contributed by atoms with van der Waals surface area (Å²) >= 11 is 1.42. The molecular formula is C14H25Cl2N3OS. The second kappa shape index (κ2) is 8.32. The van der Waals surface area contributed by atoms with Crippen molar-refractivity contribution in [1.82, 2.24) is 10.3 Å². The summed E-state index contributed by atoms with van der Waals surface area (Å²) in [6.07, 6.45) is 3.31. The van der Waals surface area contributed by atoms with Crippen molar-refractivity contribution in [3.63, 3.8) is 0 Å². The van der Waals surface area contributed by atoms with E-state index in [0.717, 1.165) is 29.8 Å². The van der Waals surface area contributed by atoms with E-state index in [2.05, 4.69) is 31.1 Å². The summed E-state index contributed by atoms with van der Waals surface area (Å²) in [5.41, 5.74) is 8.30. The molecule has 3 N–H and O–H groups in total. The first-order valence-electron chi connectivity index (χ1n) is 6.88. The van der Waals surface area contributed by atoms with Gasteiger partial charge in [0, 0.05) is 11.5 Å². The second-order valence-electron chi connectivity index (χ2n) is 6.29. The van der Waals surface area contributed by atoms with Crippen LogP contribution in [0.2, 0.25) is 0 Å². The highest BCUT2D eigenvalue weighted by atomic mass is 35.5. The second-order valence-corrected chi connectivity index (χ2v) is 7.14. The van der Waals surface area contributed by atoms with Crippen LogP contribution in [0.4, 0.5) is 0 Å². The van der Waals surface area contributed by atoms with E-state index < -0.39 is 0 Å². The van der Waals surface area contributed by atoms with E-state index in [9.17, 15) is 4.79 Å². The van der Waals surface area contributed by atoms with Gasteiger partial charge in [0.05, 0.1) is 11.2 Å². The van der Waals surface area contributed by atoms with Crippen LogP contribution in [0, 0.1) is 5.92 Å². The molecule has 21 heavy (non-hydrogen) atoms. The van der Waals surface area contributed by atoms with Crippen molar-refractivity contribution in [3.05, 3.63) is 16.1 Å². The summed E-state index contributed by atoms with van der Waals surface area (Å²) in [4.78, 5) is 17.5. The number of carbonyl (C=O) groups is 1. The third-order valence-corrected chi connectivity index (χ3v) is 4.59. The van der Waals surface area contributed by atoms with Crippen LogP contribution in [0.1, 0.15) is 55.4 Å². The van der Waals surface area contributed by atoms with Gasteiger partial charge in [-0.2, -0.15) is 0 Å². The lowest BCUT2D eigenvalue weighted by Crippen LogP contribution is -2.40. The Balaban J connectivity index is 0.00000200. The Labute approximate surface area is 143 Å². The fourth-order valence-electron chi connectivity index (χ4n) is 2.68. The van der Waals surface area contributed by atoms with Crippen molar-refractivity contribution in [3.8, 4) is 0 Å². The molecule has 0 saturated heterocycles. The van der Waals surface area contributed by atoms with Crippen molar-refractivity contribution in [2.24, 2.45) is 11.7 Å². The lowest BCUT2D eigenvalue weighted by molar-refractivity contribution is 0.0930. The van der Waals surface area contributed by atoms with Crippen LogP contribution in [-0.4, -0.2) is 23.5 Å². The summed E-state index contributed by atoms with van der Waals surface area (Å²) in [6.45, 7) is 6.89. The van der Waals surface area contributed by atoms with Crippen LogP contribution in [0.5, 0.6) is 0 Å². The molecule has 122 valence electrons. The Kier molecular flexibility index (Phi) is 8.18. The van der Waals surface area contributed by atoms with Crippen molar-refractivity contribution >= 4 is 42.1 Å². The van der Waals surface area contributed by atoms with Gasteiger partial charge >= 0.3 is 0 Å². The summed E-state index contributed by atoms with van der Waals surface area (Å²) < 4.78 is 0. The van der Waals surface area contributed by atoms with Crippen LogP contribution in [0.15, 0.2) is 5.51 Å². The van der Waals surface area contributed by atoms with Crippen molar-refractivity contribution in [1.29, 1.82) is 0 Å². The predicted molar refractivity (Wildman–Crippen MR) is 93.0 cm³/mol. The summed E-state index contributed by atoms with van der Waals surface area (Å²) in [6, 6.07) is 0.229. The first kappa shape index (κ1) is 20.6. The molecule has 0 aliphatic heterocycles. The number of nitrogens with two attached hydrogens (primary N) is 1. The Morgan fingerprint density at radius 3 is 2.67 bits per heavy atom. The van der Waals surface area contributed by atoms with Gasteiger partial charge in [0.25, 0.3) is 5.91 Å². The molecule has 1 aliphatic rings. The van der Waals surface area contributed by atoms with Gasteiger partial charge in [0.1, 0.15) is 4.88 Å². The van der Waals surface area contributed by atoms with Gasteiger partial charge in [-0.1, -0.05) is 27.2 Å². The van der Waals surface area contributed by atoms with Gasteiger partial charge in [-0.05, 0) is 25.3 Å². The fraction of sp³-hybridized carbons (Fsp3) is 0.714. The number of thiazole rings is 1. The summed E-state index contributed by atoms with van der Waals surface area (Å²) in [5, 5.41) is 3.15. The summed E-state index contributed by atoms with van der Waals surface area (Å²) in [5.74, 6) is 0.438. The van der Waals surface area contributed by atoms with E-state index in [1.807, 2.05) is 0 Å². The number of hydrogen-bond acceptors (Lipinski definition) is 4. The number of amides is 1. The molecule has 4 nitrogen and oxygen atoms in total. The number of aromatic nitrogens is 1. The molecule has 1 aliphatic carbocycles. The molecule has 1 saturated carbocycles. The Morgan fingerprint density at radius 2 is 2.10 bits per heavy atom. The normalized spacial score (nSPS) is 21.3. The third kappa shape index (κ3) is 4.81. The van der Waals surface area contributed by atoms with Gasteiger partial charge in [0.15, 0.2) is 0 Å². The smallest absolute Gasteiger partial charge is 0.263 e. The number of hydrogen-bond donors (Lipinski definition) is 2.